The first-order valence-corrected chi connectivity index (χ1v) is 7.13. The standard InChI is InChI=1S/C15H17F3N2O3/c1-2-6-11-9-14(23,15(16,17)18)20(19-11)13(22)12(21)10-7-4-3-5-8-10/h3-5,7-8,12,21,23H,2,6,9H2,1H3/t12-,14-/m0/s1. The van der Waals surface area contributed by atoms with Crippen molar-refractivity contribution in [3.63, 3.8) is 0 Å². The van der Waals surface area contributed by atoms with Crippen LogP contribution < -0.4 is 0 Å². The van der Waals surface area contributed by atoms with Crippen LogP contribution in [0.5, 0.6) is 0 Å². The molecular formula is C15H17F3N2O3. The number of hydrogen-bond acceptors (Lipinski definition) is 4. The third-order valence-electron chi connectivity index (χ3n) is 3.59. The Labute approximate surface area is 131 Å². The normalized spacial score (nSPS) is 22.9. The number of hydrazone groups is 1. The molecule has 0 fully saturated rings. The van der Waals surface area contributed by atoms with Crippen LogP contribution in [0.1, 0.15) is 37.9 Å². The van der Waals surface area contributed by atoms with Crippen molar-refractivity contribution in [2.24, 2.45) is 5.10 Å². The van der Waals surface area contributed by atoms with Gasteiger partial charge in [0.2, 0.25) is 0 Å². The second-order valence-electron chi connectivity index (χ2n) is 5.37. The minimum atomic E-state index is -5.09. The van der Waals surface area contributed by atoms with Gasteiger partial charge in [0.05, 0.1) is 0 Å². The van der Waals surface area contributed by atoms with Crippen molar-refractivity contribution in [1.82, 2.24) is 5.01 Å². The van der Waals surface area contributed by atoms with Gasteiger partial charge in [-0.25, -0.2) is 0 Å². The molecule has 1 amide bonds. The van der Waals surface area contributed by atoms with Gasteiger partial charge in [-0.3, -0.25) is 4.79 Å². The van der Waals surface area contributed by atoms with Gasteiger partial charge in [0.15, 0.2) is 6.10 Å². The van der Waals surface area contributed by atoms with E-state index < -0.39 is 30.3 Å². The lowest BCUT2D eigenvalue weighted by Gasteiger charge is -2.33. The molecule has 23 heavy (non-hydrogen) atoms. The number of hydrogen-bond donors (Lipinski definition) is 2. The number of amides is 1. The molecule has 0 spiro atoms. The fourth-order valence-electron chi connectivity index (χ4n) is 2.39. The quantitative estimate of drug-likeness (QED) is 0.890. The largest absolute Gasteiger partial charge is 0.438 e. The van der Waals surface area contributed by atoms with Gasteiger partial charge in [-0.2, -0.15) is 23.3 Å². The van der Waals surface area contributed by atoms with E-state index in [4.69, 9.17) is 0 Å². The minimum Gasteiger partial charge on any atom is -0.378 e. The number of rotatable bonds is 4. The molecule has 0 saturated heterocycles. The molecule has 0 aliphatic carbocycles. The number of halogens is 3. The lowest BCUT2D eigenvalue weighted by molar-refractivity contribution is -0.303. The number of aliphatic hydroxyl groups is 2. The highest BCUT2D eigenvalue weighted by Crippen LogP contribution is 2.42. The highest BCUT2D eigenvalue weighted by Gasteiger charge is 2.63. The zero-order chi connectivity index (χ0) is 17.3. The lowest BCUT2D eigenvalue weighted by atomic mass is 10.0. The van der Waals surface area contributed by atoms with E-state index in [1.807, 2.05) is 0 Å². The fourth-order valence-corrected chi connectivity index (χ4v) is 2.39. The molecule has 2 rings (SSSR count). The van der Waals surface area contributed by atoms with Gasteiger partial charge in [-0.05, 0) is 12.0 Å². The fraction of sp³-hybridized carbons (Fsp3) is 0.467. The van der Waals surface area contributed by atoms with E-state index >= 15 is 0 Å². The third kappa shape index (κ3) is 3.23. The molecule has 0 radical (unpaired) electrons. The highest BCUT2D eigenvalue weighted by molar-refractivity contribution is 5.92. The number of carbonyl (C=O) groups is 1. The summed E-state index contributed by atoms with van der Waals surface area (Å²) in [6, 6.07) is 7.53. The number of aliphatic hydroxyl groups excluding tert-OH is 1. The van der Waals surface area contributed by atoms with Crippen LogP contribution in [0.15, 0.2) is 35.4 Å². The monoisotopic (exact) mass is 330 g/mol. The molecule has 126 valence electrons. The zero-order valence-electron chi connectivity index (χ0n) is 12.4. The van der Waals surface area contributed by atoms with Gasteiger partial charge in [0.1, 0.15) is 0 Å². The molecule has 2 N–H and O–H groups in total. The Morgan fingerprint density at radius 3 is 2.52 bits per heavy atom. The summed E-state index contributed by atoms with van der Waals surface area (Å²) in [5, 5.41) is 23.6. The summed E-state index contributed by atoms with van der Waals surface area (Å²) in [4.78, 5) is 12.3. The molecule has 2 atom stereocenters. The highest BCUT2D eigenvalue weighted by atomic mass is 19.4. The zero-order valence-corrected chi connectivity index (χ0v) is 12.4. The summed E-state index contributed by atoms with van der Waals surface area (Å²) in [7, 11) is 0. The predicted octanol–water partition coefficient (Wildman–Crippen LogP) is 2.36. The van der Waals surface area contributed by atoms with E-state index in [0.717, 1.165) is 0 Å². The molecule has 1 heterocycles. The van der Waals surface area contributed by atoms with Crippen LogP contribution in [0, 0.1) is 0 Å². The summed E-state index contributed by atoms with van der Waals surface area (Å²) in [5.41, 5.74) is -3.23. The summed E-state index contributed by atoms with van der Waals surface area (Å²) in [5.74, 6) is -1.32. The molecule has 0 bridgehead atoms. The predicted molar refractivity (Wildman–Crippen MR) is 76.2 cm³/mol. The third-order valence-corrected chi connectivity index (χ3v) is 3.59. The first-order chi connectivity index (χ1) is 10.7. The Hall–Kier alpha value is -1.93. The Balaban J connectivity index is 2.34. The number of alkyl halides is 3. The van der Waals surface area contributed by atoms with E-state index in [1.54, 1.807) is 13.0 Å². The van der Waals surface area contributed by atoms with E-state index in [-0.39, 0.29) is 22.7 Å². The summed E-state index contributed by atoms with van der Waals surface area (Å²) in [6.45, 7) is 1.75. The molecule has 1 aromatic carbocycles. The van der Waals surface area contributed by atoms with Crippen molar-refractivity contribution >= 4 is 11.6 Å². The SMILES string of the molecule is CCCC1=NN(C(=O)[C@@H](O)c2ccccc2)[C@@](O)(C(F)(F)F)C1. The molecule has 1 aromatic rings. The van der Waals surface area contributed by atoms with Gasteiger partial charge >= 0.3 is 6.18 Å². The van der Waals surface area contributed by atoms with Crippen LogP contribution in [-0.2, 0) is 4.79 Å². The van der Waals surface area contributed by atoms with Crippen LogP contribution in [0.2, 0.25) is 0 Å². The van der Waals surface area contributed by atoms with Crippen molar-refractivity contribution in [3.05, 3.63) is 35.9 Å². The molecule has 8 heteroatoms. The van der Waals surface area contributed by atoms with E-state index in [1.165, 1.54) is 24.3 Å². The molecule has 5 nitrogen and oxygen atoms in total. The molecule has 1 aliphatic heterocycles. The van der Waals surface area contributed by atoms with Crippen LogP contribution >= 0.6 is 0 Å². The van der Waals surface area contributed by atoms with Crippen LogP contribution in [-0.4, -0.2) is 38.7 Å². The number of benzene rings is 1. The Bertz CT molecular complexity index is 604. The average Bonchev–Trinajstić information content (AvgIpc) is 2.85. The molecule has 1 aliphatic rings. The van der Waals surface area contributed by atoms with Gasteiger partial charge in [0.25, 0.3) is 11.6 Å². The van der Waals surface area contributed by atoms with E-state index in [0.29, 0.717) is 6.42 Å². The Morgan fingerprint density at radius 1 is 1.39 bits per heavy atom. The summed E-state index contributed by atoms with van der Waals surface area (Å²) in [6.07, 6.45) is -6.98. The maximum atomic E-state index is 13.2. The maximum absolute atomic E-state index is 13.2. The van der Waals surface area contributed by atoms with Crippen LogP contribution in [0.3, 0.4) is 0 Å². The lowest BCUT2D eigenvalue weighted by Crippen LogP contribution is -2.57. The van der Waals surface area contributed by atoms with Gasteiger partial charge in [-0.1, -0.05) is 43.7 Å². The molecular weight excluding hydrogens is 313 g/mol. The van der Waals surface area contributed by atoms with Crippen LogP contribution in [0.25, 0.3) is 0 Å². The second-order valence-corrected chi connectivity index (χ2v) is 5.37. The molecule has 0 saturated carbocycles. The first kappa shape index (κ1) is 17.4. The molecule has 0 unspecified atom stereocenters. The minimum absolute atomic E-state index is 0.0321. The summed E-state index contributed by atoms with van der Waals surface area (Å²) < 4.78 is 39.7. The van der Waals surface area contributed by atoms with Gasteiger partial charge in [-0.15, -0.1) is 0 Å². The number of nitrogens with zero attached hydrogens (tertiary/aromatic N) is 2. The second kappa shape index (κ2) is 6.29. The van der Waals surface area contributed by atoms with Gasteiger partial charge in [0, 0.05) is 12.1 Å². The van der Waals surface area contributed by atoms with E-state index in [2.05, 4.69) is 5.10 Å². The topological polar surface area (TPSA) is 73.1 Å². The van der Waals surface area contributed by atoms with Crippen molar-refractivity contribution in [1.29, 1.82) is 0 Å². The van der Waals surface area contributed by atoms with Gasteiger partial charge < -0.3 is 10.2 Å². The van der Waals surface area contributed by atoms with E-state index in [9.17, 15) is 28.2 Å². The maximum Gasteiger partial charge on any atom is 0.438 e. The summed E-state index contributed by atoms with van der Waals surface area (Å²) >= 11 is 0. The van der Waals surface area contributed by atoms with Crippen molar-refractivity contribution in [3.8, 4) is 0 Å². The Morgan fingerprint density at radius 2 is 2.00 bits per heavy atom. The average molecular weight is 330 g/mol. The Kier molecular flexibility index (Phi) is 4.76. The first-order valence-electron chi connectivity index (χ1n) is 7.13. The smallest absolute Gasteiger partial charge is 0.378 e. The number of carbonyl (C=O) groups excluding carboxylic acids is 1. The van der Waals surface area contributed by atoms with Crippen molar-refractivity contribution < 1.29 is 28.2 Å². The van der Waals surface area contributed by atoms with Crippen molar-refractivity contribution in [2.75, 3.05) is 0 Å². The van der Waals surface area contributed by atoms with Crippen molar-refractivity contribution in [2.45, 2.75) is 44.2 Å². The van der Waals surface area contributed by atoms with Crippen LogP contribution in [0.4, 0.5) is 13.2 Å². The molecule has 0 aromatic heterocycles.